The molecule has 0 aliphatic heterocycles. The summed E-state index contributed by atoms with van der Waals surface area (Å²) in [5.41, 5.74) is 0.824. The number of amides is 1. The maximum atomic E-state index is 12.0. The van der Waals surface area contributed by atoms with E-state index in [0.717, 1.165) is 18.4 Å². The third-order valence-corrected chi connectivity index (χ3v) is 4.41. The molecule has 0 saturated heterocycles. The zero-order valence-electron chi connectivity index (χ0n) is 15.7. The lowest BCUT2D eigenvalue weighted by molar-refractivity contribution is -0.133. The van der Waals surface area contributed by atoms with Crippen molar-refractivity contribution in [3.05, 3.63) is 78.5 Å². The molecule has 29 heavy (non-hydrogen) atoms. The van der Waals surface area contributed by atoms with E-state index in [0.29, 0.717) is 23.1 Å². The highest BCUT2D eigenvalue weighted by molar-refractivity contribution is 5.93. The number of esters is 1. The van der Waals surface area contributed by atoms with Gasteiger partial charge in [0.05, 0.1) is 6.42 Å². The van der Waals surface area contributed by atoms with Crippen molar-refractivity contribution in [2.75, 3.05) is 5.32 Å². The van der Waals surface area contributed by atoms with E-state index < -0.39 is 0 Å². The smallest absolute Gasteiger partial charge is 0.315 e. The Labute approximate surface area is 168 Å². The number of para-hydroxylation sites is 1. The number of aromatic nitrogens is 1. The summed E-state index contributed by atoms with van der Waals surface area (Å²) in [6, 6.07) is 19.6. The van der Waals surface area contributed by atoms with Gasteiger partial charge >= 0.3 is 5.97 Å². The SMILES string of the molecule is O=C(Cc1ccc(Oc2ccnc(NC(=O)C3CC3)c2)cc1)Oc1ccccc1. The number of hydrogen-bond acceptors (Lipinski definition) is 5. The van der Waals surface area contributed by atoms with E-state index in [-0.39, 0.29) is 24.2 Å². The van der Waals surface area contributed by atoms with Gasteiger partial charge in [-0.2, -0.15) is 0 Å². The van der Waals surface area contributed by atoms with E-state index in [1.54, 1.807) is 42.6 Å². The van der Waals surface area contributed by atoms with Crippen LogP contribution in [0.5, 0.6) is 17.2 Å². The topological polar surface area (TPSA) is 77.5 Å². The number of anilines is 1. The lowest BCUT2D eigenvalue weighted by Crippen LogP contribution is -2.14. The van der Waals surface area contributed by atoms with Crippen molar-refractivity contribution >= 4 is 17.7 Å². The Morgan fingerprint density at radius 2 is 1.69 bits per heavy atom. The zero-order chi connectivity index (χ0) is 20.1. The minimum atomic E-state index is -0.324. The first-order chi connectivity index (χ1) is 14.2. The van der Waals surface area contributed by atoms with Crippen LogP contribution in [-0.4, -0.2) is 16.9 Å². The molecule has 0 bridgehead atoms. The van der Waals surface area contributed by atoms with Crippen LogP contribution in [0, 0.1) is 5.92 Å². The highest BCUT2D eigenvalue weighted by Gasteiger charge is 2.29. The molecule has 1 N–H and O–H groups in total. The minimum absolute atomic E-state index is 0.00129. The standard InChI is InChI=1S/C23H20N2O4/c26-22(29-18-4-2-1-3-5-18)14-16-6-10-19(11-7-16)28-20-12-13-24-21(15-20)25-23(27)17-8-9-17/h1-7,10-13,15,17H,8-9,14H2,(H,24,25,27). The van der Waals surface area contributed by atoms with Crippen LogP contribution in [0.2, 0.25) is 0 Å². The van der Waals surface area contributed by atoms with Gasteiger partial charge in [0.25, 0.3) is 0 Å². The van der Waals surface area contributed by atoms with E-state index in [4.69, 9.17) is 9.47 Å². The Morgan fingerprint density at radius 3 is 2.41 bits per heavy atom. The van der Waals surface area contributed by atoms with Gasteiger partial charge in [-0.05, 0) is 48.7 Å². The van der Waals surface area contributed by atoms with Gasteiger partial charge in [0.15, 0.2) is 0 Å². The van der Waals surface area contributed by atoms with Crippen molar-refractivity contribution in [3.8, 4) is 17.2 Å². The third-order valence-electron chi connectivity index (χ3n) is 4.41. The normalized spacial score (nSPS) is 12.8. The largest absolute Gasteiger partial charge is 0.457 e. The van der Waals surface area contributed by atoms with Gasteiger partial charge in [-0.15, -0.1) is 0 Å². The monoisotopic (exact) mass is 388 g/mol. The van der Waals surface area contributed by atoms with Crippen molar-refractivity contribution < 1.29 is 19.1 Å². The van der Waals surface area contributed by atoms with E-state index in [1.165, 1.54) is 0 Å². The van der Waals surface area contributed by atoms with Crippen LogP contribution in [0.3, 0.4) is 0 Å². The van der Waals surface area contributed by atoms with Gasteiger partial charge < -0.3 is 14.8 Å². The van der Waals surface area contributed by atoms with E-state index >= 15 is 0 Å². The lowest BCUT2D eigenvalue weighted by Gasteiger charge is -2.09. The molecule has 1 fully saturated rings. The van der Waals surface area contributed by atoms with Crippen LogP contribution in [0.4, 0.5) is 5.82 Å². The number of carbonyl (C=O) groups is 2. The molecule has 3 aromatic rings. The summed E-state index contributed by atoms with van der Waals surface area (Å²) in [4.78, 5) is 28.0. The van der Waals surface area contributed by atoms with Crippen molar-refractivity contribution in [1.82, 2.24) is 4.98 Å². The molecule has 1 aliphatic carbocycles. The first-order valence-electron chi connectivity index (χ1n) is 9.45. The fourth-order valence-corrected chi connectivity index (χ4v) is 2.75. The molecule has 4 rings (SSSR count). The van der Waals surface area contributed by atoms with Crippen LogP contribution in [0.25, 0.3) is 0 Å². The Hall–Kier alpha value is -3.67. The van der Waals surface area contributed by atoms with Gasteiger partial charge in [-0.3, -0.25) is 9.59 Å². The summed E-state index contributed by atoms with van der Waals surface area (Å²) in [5, 5.41) is 2.80. The van der Waals surface area contributed by atoms with E-state index in [2.05, 4.69) is 10.3 Å². The number of pyridine rings is 1. The predicted molar refractivity (Wildman–Crippen MR) is 108 cm³/mol. The van der Waals surface area contributed by atoms with Gasteiger partial charge in [0.2, 0.25) is 5.91 Å². The highest BCUT2D eigenvalue weighted by atomic mass is 16.5. The van der Waals surface area contributed by atoms with Crippen LogP contribution < -0.4 is 14.8 Å². The molecule has 2 aromatic carbocycles. The van der Waals surface area contributed by atoms with E-state index in [9.17, 15) is 9.59 Å². The van der Waals surface area contributed by atoms with Gasteiger partial charge in [-0.1, -0.05) is 30.3 Å². The van der Waals surface area contributed by atoms with Crippen molar-refractivity contribution in [2.24, 2.45) is 5.92 Å². The predicted octanol–water partition coefficient (Wildman–Crippen LogP) is 4.37. The Bertz CT molecular complexity index is 999. The molecule has 1 saturated carbocycles. The Kier molecular flexibility index (Phi) is 5.52. The summed E-state index contributed by atoms with van der Waals surface area (Å²) in [7, 11) is 0. The fourth-order valence-electron chi connectivity index (χ4n) is 2.75. The molecule has 146 valence electrons. The molecule has 1 aromatic heterocycles. The molecular formula is C23H20N2O4. The molecule has 0 radical (unpaired) electrons. The Balaban J connectivity index is 1.33. The summed E-state index contributed by atoms with van der Waals surface area (Å²) in [5.74, 6) is 1.98. The number of carbonyl (C=O) groups excluding carboxylic acids is 2. The first kappa shape index (κ1) is 18.7. The second kappa shape index (κ2) is 8.56. The van der Waals surface area contributed by atoms with Gasteiger partial charge in [-0.25, -0.2) is 4.98 Å². The lowest BCUT2D eigenvalue weighted by atomic mass is 10.1. The number of hydrogen-bond donors (Lipinski definition) is 1. The second-order valence-corrected chi connectivity index (χ2v) is 6.85. The molecule has 6 heteroatoms. The number of nitrogens with zero attached hydrogens (tertiary/aromatic N) is 1. The fraction of sp³-hybridized carbons (Fsp3) is 0.174. The van der Waals surface area contributed by atoms with E-state index in [1.807, 2.05) is 30.3 Å². The average molecular weight is 388 g/mol. The maximum absolute atomic E-state index is 12.0. The summed E-state index contributed by atoms with van der Waals surface area (Å²) < 4.78 is 11.1. The minimum Gasteiger partial charge on any atom is -0.457 e. The summed E-state index contributed by atoms with van der Waals surface area (Å²) in [6.07, 6.45) is 3.63. The van der Waals surface area contributed by atoms with Crippen LogP contribution in [0.15, 0.2) is 72.9 Å². The first-order valence-corrected chi connectivity index (χ1v) is 9.45. The van der Waals surface area contributed by atoms with Crippen molar-refractivity contribution in [1.29, 1.82) is 0 Å². The quantitative estimate of drug-likeness (QED) is 0.480. The van der Waals surface area contributed by atoms with Crippen LogP contribution in [-0.2, 0) is 16.0 Å². The molecule has 0 atom stereocenters. The number of ether oxygens (including phenoxy) is 2. The molecule has 1 amide bonds. The highest BCUT2D eigenvalue weighted by Crippen LogP contribution is 2.30. The van der Waals surface area contributed by atoms with Gasteiger partial charge in [0, 0.05) is 18.2 Å². The molecule has 1 aliphatic rings. The third kappa shape index (κ3) is 5.42. The van der Waals surface area contributed by atoms with Crippen LogP contribution in [0.1, 0.15) is 18.4 Å². The van der Waals surface area contributed by atoms with Crippen molar-refractivity contribution in [2.45, 2.75) is 19.3 Å². The van der Waals surface area contributed by atoms with Gasteiger partial charge in [0.1, 0.15) is 23.1 Å². The summed E-state index contributed by atoms with van der Waals surface area (Å²) in [6.45, 7) is 0. The molecule has 0 unspecified atom stereocenters. The Morgan fingerprint density at radius 1 is 0.931 bits per heavy atom. The maximum Gasteiger partial charge on any atom is 0.315 e. The summed E-state index contributed by atoms with van der Waals surface area (Å²) >= 11 is 0. The molecular weight excluding hydrogens is 368 g/mol. The number of benzene rings is 2. The zero-order valence-corrected chi connectivity index (χ0v) is 15.7. The number of nitrogens with one attached hydrogen (secondary N) is 1. The van der Waals surface area contributed by atoms with Crippen molar-refractivity contribution in [3.63, 3.8) is 0 Å². The molecule has 1 heterocycles. The number of rotatable bonds is 7. The van der Waals surface area contributed by atoms with Crippen LogP contribution >= 0.6 is 0 Å². The average Bonchev–Trinajstić information content (AvgIpc) is 3.56. The second-order valence-electron chi connectivity index (χ2n) is 6.85. The molecule has 0 spiro atoms. The molecule has 6 nitrogen and oxygen atoms in total.